The minimum Gasteiger partial charge on any atom is -0.384 e. The summed E-state index contributed by atoms with van der Waals surface area (Å²) in [5, 5.41) is 11.2. The predicted octanol–water partition coefficient (Wildman–Crippen LogP) is 2.91. The molecule has 0 unspecified atom stereocenters. The van der Waals surface area contributed by atoms with Gasteiger partial charge >= 0.3 is 0 Å². The number of aryl methyl sites for hydroxylation is 1. The number of hydrogen-bond donors (Lipinski definition) is 1. The summed E-state index contributed by atoms with van der Waals surface area (Å²) in [6, 6.07) is 6.49. The van der Waals surface area contributed by atoms with E-state index >= 15 is 0 Å². The van der Waals surface area contributed by atoms with Crippen LogP contribution in [-0.4, -0.2) is 31.0 Å². The van der Waals surface area contributed by atoms with Gasteiger partial charge < -0.3 is 5.11 Å². The first-order valence-electron chi connectivity index (χ1n) is 8.54. The number of carbonyl (C=O) groups is 1. The standard InChI is InChI=1S/C19H24O5S/c1-13-6-8-15(9-7-13)25(22,23)24-17-10-12-19(21)16(14(2)20)5-4-11-18(17,19)3/h5-9,17,21H,4,10-12H2,1-3H3/t17-,18+,19-/m0/s1. The lowest BCUT2D eigenvalue weighted by atomic mass is 9.64. The van der Waals surface area contributed by atoms with Crippen molar-refractivity contribution in [2.45, 2.75) is 63.1 Å². The highest BCUT2D eigenvalue weighted by molar-refractivity contribution is 7.86. The van der Waals surface area contributed by atoms with E-state index in [4.69, 9.17) is 4.18 Å². The third-order valence-corrected chi connectivity index (χ3v) is 7.15. The van der Waals surface area contributed by atoms with Crippen molar-refractivity contribution < 1.29 is 22.5 Å². The molecule has 0 heterocycles. The molecule has 1 aromatic carbocycles. The molecule has 2 aliphatic carbocycles. The van der Waals surface area contributed by atoms with E-state index in [2.05, 4.69) is 0 Å². The van der Waals surface area contributed by atoms with Crippen molar-refractivity contribution in [1.29, 1.82) is 0 Å². The molecular weight excluding hydrogens is 340 g/mol. The minimum absolute atomic E-state index is 0.107. The van der Waals surface area contributed by atoms with Crippen LogP contribution in [0.4, 0.5) is 0 Å². The molecule has 0 bridgehead atoms. The first-order valence-corrected chi connectivity index (χ1v) is 9.95. The van der Waals surface area contributed by atoms with E-state index in [1.54, 1.807) is 18.2 Å². The van der Waals surface area contributed by atoms with E-state index in [0.717, 1.165) is 5.56 Å². The topological polar surface area (TPSA) is 80.7 Å². The highest BCUT2D eigenvalue weighted by Crippen LogP contribution is 2.57. The van der Waals surface area contributed by atoms with Crippen molar-refractivity contribution in [2.75, 3.05) is 0 Å². The molecule has 1 aromatic rings. The van der Waals surface area contributed by atoms with Gasteiger partial charge in [0.15, 0.2) is 5.78 Å². The molecule has 0 amide bonds. The van der Waals surface area contributed by atoms with Crippen LogP contribution in [0.25, 0.3) is 0 Å². The Hall–Kier alpha value is -1.50. The molecule has 0 spiro atoms. The largest absolute Gasteiger partial charge is 0.384 e. The number of allylic oxidation sites excluding steroid dienone is 1. The van der Waals surface area contributed by atoms with Crippen LogP contribution in [0.2, 0.25) is 0 Å². The molecule has 0 aromatic heterocycles. The van der Waals surface area contributed by atoms with Crippen LogP contribution in [0.5, 0.6) is 0 Å². The minimum atomic E-state index is -3.93. The Labute approximate surface area is 148 Å². The number of hydrogen-bond acceptors (Lipinski definition) is 5. The van der Waals surface area contributed by atoms with E-state index in [1.807, 2.05) is 13.8 Å². The highest BCUT2D eigenvalue weighted by Gasteiger charge is 2.61. The number of ketones is 1. The molecule has 6 heteroatoms. The van der Waals surface area contributed by atoms with Crippen molar-refractivity contribution in [3.63, 3.8) is 0 Å². The van der Waals surface area contributed by atoms with Gasteiger partial charge in [-0.1, -0.05) is 30.7 Å². The molecule has 3 rings (SSSR count). The molecule has 0 saturated heterocycles. The van der Waals surface area contributed by atoms with Crippen LogP contribution in [0.3, 0.4) is 0 Å². The molecule has 1 N–H and O–H groups in total. The van der Waals surface area contributed by atoms with Crippen LogP contribution in [0.15, 0.2) is 40.8 Å². The maximum Gasteiger partial charge on any atom is 0.297 e. The number of aliphatic hydroxyl groups is 1. The number of rotatable bonds is 4. The SMILES string of the molecule is CC(=O)C1=CCC[C@]2(C)[C@@H](OS(=O)(=O)c3ccc(C)cc3)CC[C@]12O. The van der Waals surface area contributed by atoms with Crippen LogP contribution in [0.1, 0.15) is 45.1 Å². The van der Waals surface area contributed by atoms with Gasteiger partial charge in [0, 0.05) is 11.0 Å². The predicted molar refractivity (Wildman–Crippen MR) is 93.5 cm³/mol. The third-order valence-electron chi connectivity index (χ3n) is 5.81. The van der Waals surface area contributed by atoms with Gasteiger partial charge in [0.25, 0.3) is 10.1 Å². The van der Waals surface area contributed by atoms with E-state index in [9.17, 15) is 18.3 Å². The summed E-state index contributed by atoms with van der Waals surface area (Å²) in [6.45, 7) is 5.14. The summed E-state index contributed by atoms with van der Waals surface area (Å²) >= 11 is 0. The molecule has 1 saturated carbocycles. The number of carbonyl (C=O) groups excluding carboxylic acids is 1. The normalized spacial score (nSPS) is 32.2. The molecule has 0 aliphatic heterocycles. The second-order valence-corrected chi connectivity index (χ2v) is 8.95. The molecule has 2 aliphatic rings. The average molecular weight is 364 g/mol. The zero-order chi connectivity index (χ0) is 18.5. The van der Waals surface area contributed by atoms with Gasteiger partial charge in [0.05, 0.1) is 11.0 Å². The van der Waals surface area contributed by atoms with E-state index < -0.39 is 27.2 Å². The van der Waals surface area contributed by atoms with Crippen LogP contribution >= 0.6 is 0 Å². The zero-order valence-corrected chi connectivity index (χ0v) is 15.6. The fraction of sp³-hybridized carbons (Fsp3) is 0.526. The first-order chi connectivity index (χ1) is 11.6. The molecular formula is C19H24O5S. The summed E-state index contributed by atoms with van der Waals surface area (Å²) in [5.74, 6) is -0.171. The lowest BCUT2D eigenvalue weighted by Crippen LogP contribution is -2.52. The van der Waals surface area contributed by atoms with Gasteiger partial charge in [-0.2, -0.15) is 8.42 Å². The molecule has 136 valence electrons. The molecule has 1 fully saturated rings. The Kier molecular flexibility index (Phi) is 4.42. The lowest BCUT2D eigenvalue weighted by Gasteiger charge is -2.45. The Morgan fingerprint density at radius 1 is 1.24 bits per heavy atom. The van der Waals surface area contributed by atoms with Crippen molar-refractivity contribution in [3.05, 3.63) is 41.5 Å². The maximum atomic E-state index is 12.7. The Morgan fingerprint density at radius 3 is 2.48 bits per heavy atom. The monoisotopic (exact) mass is 364 g/mol. The second kappa shape index (κ2) is 6.04. The van der Waals surface area contributed by atoms with Crippen molar-refractivity contribution in [2.24, 2.45) is 5.41 Å². The number of Topliss-reactive ketones (excluding diaryl/α,β-unsaturated/α-hetero) is 1. The van der Waals surface area contributed by atoms with E-state index in [1.165, 1.54) is 19.1 Å². The second-order valence-electron chi connectivity index (χ2n) is 7.38. The van der Waals surface area contributed by atoms with Gasteiger partial charge in [-0.05, 0) is 51.7 Å². The van der Waals surface area contributed by atoms with Crippen LogP contribution in [-0.2, 0) is 19.1 Å². The molecule has 5 nitrogen and oxygen atoms in total. The molecule has 3 atom stereocenters. The maximum absolute atomic E-state index is 12.7. The third kappa shape index (κ3) is 2.86. The summed E-state index contributed by atoms with van der Waals surface area (Å²) in [7, 11) is -3.93. The summed E-state index contributed by atoms with van der Waals surface area (Å²) in [4.78, 5) is 12.1. The summed E-state index contributed by atoms with van der Waals surface area (Å²) < 4.78 is 30.9. The highest BCUT2D eigenvalue weighted by atomic mass is 32.2. The van der Waals surface area contributed by atoms with E-state index in [0.29, 0.717) is 31.3 Å². The molecule has 0 radical (unpaired) electrons. The van der Waals surface area contributed by atoms with Gasteiger partial charge in [-0.15, -0.1) is 0 Å². The Balaban J connectivity index is 1.91. The average Bonchev–Trinajstić information content (AvgIpc) is 2.79. The van der Waals surface area contributed by atoms with Crippen molar-refractivity contribution in [1.82, 2.24) is 0 Å². The van der Waals surface area contributed by atoms with Gasteiger partial charge in [0.2, 0.25) is 0 Å². The quantitative estimate of drug-likeness (QED) is 0.831. The first kappa shape index (κ1) is 18.3. The van der Waals surface area contributed by atoms with Crippen molar-refractivity contribution >= 4 is 15.9 Å². The summed E-state index contributed by atoms with van der Waals surface area (Å²) in [6.07, 6.45) is 3.03. The van der Waals surface area contributed by atoms with Gasteiger partial charge in [0.1, 0.15) is 5.60 Å². The van der Waals surface area contributed by atoms with E-state index in [-0.39, 0.29) is 10.7 Å². The summed E-state index contributed by atoms with van der Waals surface area (Å²) in [5.41, 5.74) is -0.782. The van der Waals surface area contributed by atoms with Crippen molar-refractivity contribution in [3.8, 4) is 0 Å². The van der Waals surface area contributed by atoms with Gasteiger partial charge in [-0.25, -0.2) is 0 Å². The van der Waals surface area contributed by atoms with Crippen LogP contribution in [0, 0.1) is 12.3 Å². The fourth-order valence-electron chi connectivity index (χ4n) is 4.21. The van der Waals surface area contributed by atoms with Gasteiger partial charge in [-0.3, -0.25) is 8.98 Å². The lowest BCUT2D eigenvalue weighted by molar-refractivity contribution is -0.121. The Bertz CT molecular complexity index is 824. The number of benzene rings is 1. The fourth-order valence-corrected chi connectivity index (χ4v) is 5.40. The smallest absolute Gasteiger partial charge is 0.297 e. The Morgan fingerprint density at radius 2 is 1.88 bits per heavy atom. The number of fused-ring (bicyclic) bond motifs is 1. The van der Waals surface area contributed by atoms with Crippen LogP contribution < -0.4 is 0 Å². The zero-order valence-electron chi connectivity index (χ0n) is 14.8. The molecule has 25 heavy (non-hydrogen) atoms.